The topological polar surface area (TPSA) is 114 Å². The maximum atomic E-state index is 10.9. The van der Waals surface area contributed by atoms with Crippen molar-refractivity contribution in [1.29, 1.82) is 0 Å². The fourth-order valence-corrected chi connectivity index (χ4v) is 4.09. The summed E-state index contributed by atoms with van der Waals surface area (Å²) in [7, 11) is 0. The molecule has 11 heteroatoms. The van der Waals surface area contributed by atoms with Crippen molar-refractivity contribution in [1.82, 2.24) is 24.8 Å². The number of aromatic nitrogens is 4. The number of hydrogen-bond acceptors (Lipinski definition) is 9. The van der Waals surface area contributed by atoms with Gasteiger partial charge in [0.15, 0.2) is 0 Å². The van der Waals surface area contributed by atoms with Crippen LogP contribution < -0.4 is 19.9 Å². The standard InChI is InChI=1S/C22H26N8O3/c1-16-2-4-19(5-3-16)27-6-8-28(9-7-27)21-24-11-17(12-25-21)10-23-18-13-29-14-20(30(31)32)26-22(29)33-15-18/h2-5,11-12,14,18,23H,6-10,13,15H2,1H3/t18-/m0/s1. The van der Waals surface area contributed by atoms with Crippen molar-refractivity contribution in [2.75, 3.05) is 42.6 Å². The Balaban J connectivity index is 1.11. The number of aryl methyl sites for hydroxylation is 1. The highest BCUT2D eigenvalue weighted by molar-refractivity contribution is 5.49. The van der Waals surface area contributed by atoms with Gasteiger partial charge in [-0.1, -0.05) is 17.7 Å². The molecule has 33 heavy (non-hydrogen) atoms. The third-order valence-electron chi connectivity index (χ3n) is 5.99. The van der Waals surface area contributed by atoms with Crippen molar-refractivity contribution < 1.29 is 9.66 Å². The highest BCUT2D eigenvalue weighted by atomic mass is 16.6. The lowest BCUT2D eigenvalue weighted by molar-refractivity contribution is -0.389. The maximum absolute atomic E-state index is 10.9. The summed E-state index contributed by atoms with van der Waals surface area (Å²) >= 11 is 0. The van der Waals surface area contributed by atoms with E-state index in [0.29, 0.717) is 19.7 Å². The summed E-state index contributed by atoms with van der Waals surface area (Å²) in [5, 5.41) is 14.3. The highest BCUT2D eigenvalue weighted by Crippen LogP contribution is 2.22. The molecule has 2 aromatic heterocycles. The lowest BCUT2D eigenvalue weighted by Gasteiger charge is -2.36. The quantitative estimate of drug-likeness (QED) is 0.443. The summed E-state index contributed by atoms with van der Waals surface area (Å²) < 4.78 is 7.21. The zero-order valence-corrected chi connectivity index (χ0v) is 18.4. The lowest BCUT2D eigenvalue weighted by Crippen LogP contribution is -2.47. The molecule has 1 N–H and O–H groups in total. The van der Waals surface area contributed by atoms with E-state index in [4.69, 9.17) is 4.74 Å². The second kappa shape index (κ2) is 9.02. The van der Waals surface area contributed by atoms with Gasteiger partial charge < -0.3 is 30.0 Å². The molecule has 5 rings (SSSR count). The van der Waals surface area contributed by atoms with E-state index in [2.05, 4.69) is 61.3 Å². The van der Waals surface area contributed by atoms with E-state index in [-0.39, 0.29) is 17.9 Å². The molecule has 0 bridgehead atoms. The molecule has 0 unspecified atom stereocenters. The number of ether oxygens (including phenoxy) is 1. The van der Waals surface area contributed by atoms with E-state index in [1.807, 2.05) is 12.4 Å². The van der Waals surface area contributed by atoms with Gasteiger partial charge in [-0.05, 0) is 24.0 Å². The number of piperazine rings is 1. The molecular weight excluding hydrogens is 424 g/mol. The molecule has 2 aliphatic rings. The fourth-order valence-electron chi connectivity index (χ4n) is 4.09. The Morgan fingerprint density at radius 2 is 1.82 bits per heavy atom. The molecule has 1 aromatic carbocycles. The van der Waals surface area contributed by atoms with E-state index in [0.717, 1.165) is 37.7 Å². The number of nitrogens with one attached hydrogen (secondary N) is 1. The maximum Gasteiger partial charge on any atom is 0.414 e. The molecule has 4 heterocycles. The number of anilines is 2. The molecule has 2 aliphatic heterocycles. The Morgan fingerprint density at radius 1 is 1.12 bits per heavy atom. The molecule has 0 amide bonds. The lowest BCUT2D eigenvalue weighted by atomic mass is 10.2. The molecule has 1 atom stereocenters. The highest BCUT2D eigenvalue weighted by Gasteiger charge is 2.27. The van der Waals surface area contributed by atoms with Gasteiger partial charge in [0, 0.05) is 67.9 Å². The summed E-state index contributed by atoms with van der Waals surface area (Å²) in [6.45, 7) is 7.27. The van der Waals surface area contributed by atoms with Crippen LogP contribution in [0.3, 0.4) is 0 Å². The second-order valence-corrected chi connectivity index (χ2v) is 8.38. The minimum absolute atomic E-state index is 0.0147. The fraction of sp³-hybridized carbons (Fsp3) is 0.409. The number of rotatable bonds is 6. The van der Waals surface area contributed by atoms with Crippen molar-refractivity contribution in [2.24, 2.45) is 0 Å². The summed E-state index contributed by atoms with van der Waals surface area (Å²) in [4.78, 5) is 28.0. The van der Waals surface area contributed by atoms with Crippen LogP contribution in [0.4, 0.5) is 17.5 Å². The van der Waals surface area contributed by atoms with Gasteiger partial charge in [-0.25, -0.2) is 9.97 Å². The van der Waals surface area contributed by atoms with Crippen molar-refractivity contribution in [2.45, 2.75) is 26.1 Å². The van der Waals surface area contributed by atoms with E-state index in [9.17, 15) is 10.1 Å². The third kappa shape index (κ3) is 4.72. The third-order valence-corrected chi connectivity index (χ3v) is 5.99. The Bertz CT molecular complexity index is 1110. The van der Waals surface area contributed by atoms with Crippen LogP contribution in [0.5, 0.6) is 6.01 Å². The number of fused-ring (bicyclic) bond motifs is 1. The summed E-state index contributed by atoms with van der Waals surface area (Å²) in [6, 6.07) is 8.95. The van der Waals surface area contributed by atoms with Crippen molar-refractivity contribution in [3.05, 3.63) is 64.1 Å². The molecule has 0 radical (unpaired) electrons. The van der Waals surface area contributed by atoms with Gasteiger partial charge in [0.2, 0.25) is 5.95 Å². The number of hydrogen-bond donors (Lipinski definition) is 1. The van der Waals surface area contributed by atoms with Crippen LogP contribution in [-0.4, -0.2) is 63.3 Å². The van der Waals surface area contributed by atoms with Gasteiger partial charge in [0.1, 0.15) is 12.8 Å². The van der Waals surface area contributed by atoms with Crippen LogP contribution in [0.2, 0.25) is 0 Å². The first-order valence-electron chi connectivity index (χ1n) is 11.0. The normalized spacial score (nSPS) is 18.0. The van der Waals surface area contributed by atoms with E-state index in [1.54, 1.807) is 4.57 Å². The summed E-state index contributed by atoms with van der Waals surface area (Å²) in [6.07, 6.45) is 5.09. The first kappa shape index (κ1) is 21.1. The Labute approximate surface area is 191 Å². The number of imidazole rings is 1. The van der Waals surface area contributed by atoms with E-state index < -0.39 is 4.92 Å². The first-order valence-corrected chi connectivity index (χ1v) is 11.0. The van der Waals surface area contributed by atoms with Gasteiger partial charge in [-0.3, -0.25) is 4.57 Å². The smallest absolute Gasteiger partial charge is 0.414 e. The molecule has 0 saturated carbocycles. The predicted octanol–water partition coefficient (Wildman–Crippen LogP) is 1.77. The number of nitrogens with zero attached hydrogens (tertiary/aromatic N) is 7. The summed E-state index contributed by atoms with van der Waals surface area (Å²) in [5.41, 5.74) is 3.50. The van der Waals surface area contributed by atoms with Crippen molar-refractivity contribution >= 4 is 17.5 Å². The van der Waals surface area contributed by atoms with Gasteiger partial charge >= 0.3 is 11.8 Å². The molecule has 1 saturated heterocycles. The zero-order valence-electron chi connectivity index (χ0n) is 18.4. The predicted molar refractivity (Wildman–Crippen MR) is 123 cm³/mol. The number of benzene rings is 1. The van der Waals surface area contributed by atoms with Crippen LogP contribution in [0, 0.1) is 17.0 Å². The van der Waals surface area contributed by atoms with Crippen molar-refractivity contribution in [3.8, 4) is 6.01 Å². The molecular formula is C22H26N8O3. The van der Waals surface area contributed by atoms with Gasteiger partial charge in [-0.15, -0.1) is 0 Å². The minimum atomic E-state index is -0.515. The van der Waals surface area contributed by atoms with Gasteiger partial charge in [-0.2, -0.15) is 0 Å². The Morgan fingerprint density at radius 3 is 2.52 bits per heavy atom. The Kier molecular flexibility index (Phi) is 5.78. The molecule has 0 aliphatic carbocycles. The SMILES string of the molecule is Cc1ccc(N2CCN(c3ncc(CN[C@@H]4COc5nc([N+](=O)[O-])cn5C4)cn3)CC2)cc1. The van der Waals surface area contributed by atoms with Crippen LogP contribution in [-0.2, 0) is 13.1 Å². The average molecular weight is 451 g/mol. The molecule has 11 nitrogen and oxygen atoms in total. The monoisotopic (exact) mass is 450 g/mol. The van der Waals surface area contributed by atoms with E-state index >= 15 is 0 Å². The largest absolute Gasteiger partial charge is 0.444 e. The average Bonchev–Trinajstić information content (AvgIpc) is 3.28. The van der Waals surface area contributed by atoms with Crippen LogP contribution in [0.15, 0.2) is 42.9 Å². The van der Waals surface area contributed by atoms with Gasteiger partial charge in [0.05, 0.1) is 6.04 Å². The van der Waals surface area contributed by atoms with E-state index in [1.165, 1.54) is 17.4 Å². The second-order valence-electron chi connectivity index (χ2n) is 8.38. The molecule has 3 aromatic rings. The first-order chi connectivity index (χ1) is 16.0. The van der Waals surface area contributed by atoms with Crippen LogP contribution in [0.25, 0.3) is 0 Å². The summed E-state index contributed by atoms with van der Waals surface area (Å²) in [5.74, 6) is 0.549. The molecule has 1 fully saturated rings. The van der Waals surface area contributed by atoms with Crippen LogP contribution in [0.1, 0.15) is 11.1 Å². The zero-order chi connectivity index (χ0) is 22.8. The molecule has 172 valence electrons. The Hall–Kier alpha value is -3.73. The minimum Gasteiger partial charge on any atom is -0.444 e. The van der Waals surface area contributed by atoms with Crippen molar-refractivity contribution in [3.63, 3.8) is 0 Å². The van der Waals surface area contributed by atoms with Gasteiger partial charge in [0.25, 0.3) is 0 Å². The molecule has 0 spiro atoms. The van der Waals surface area contributed by atoms with Crippen LogP contribution >= 0.6 is 0 Å². The number of nitro groups is 1.